The molecular formula is C11H23NO2. The van der Waals surface area contributed by atoms with Gasteiger partial charge in [0, 0.05) is 7.05 Å². The third-order valence-corrected chi connectivity index (χ3v) is 2.81. The van der Waals surface area contributed by atoms with Crippen molar-refractivity contribution < 1.29 is 9.90 Å². The molecule has 3 heteroatoms. The van der Waals surface area contributed by atoms with Gasteiger partial charge in [-0.15, -0.1) is 0 Å². The van der Waals surface area contributed by atoms with Crippen LogP contribution in [0, 0.1) is 11.8 Å². The van der Waals surface area contributed by atoms with Crippen molar-refractivity contribution in [3.8, 4) is 0 Å². The summed E-state index contributed by atoms with van der Waals surface area (Å²) in [5, 5.41) is 9.56. The smallest absolute Gasteiger partial charge is 0.404 e. The molecule has 0 aromatic rings. The van der Waals surface area contributed by atoms with Gasteiger partial charge in [-0.25, -0.2) is 4.79 Å². The van der Waals surface area contributed by atoms with E-state index in [9.17, 15) is 4.79 Å². The summed E-state index contributed by atoms with van der Waals surface area (Å²) in [6.07, 6.45) is 6.47. The van der Waals surface area contributed by atoms with Crippen LogP contribution >= 0.6 is 0 Å². The van der Waals surface area contributed by atoms with E-state index in [4.69, 9.17) is 5.11 Å². The minimum absolute atomic E-state index is 0.935. The average molecular weight is 201 g/mol. The lowest BCUT2D eigenvalue weighted by molar-refractivity contribution is 0.197. The third-order valence-electron chi connectivity index (χ3n) is 2.81. The van der Waals surface area contributed by atoms with Crippen molar-refractivity contribution in [2.45, 2.75) is 46.0 Å². The van der Waals surface area contributed by atoms with Crippen LogP contribution in [0.1, 0.15) is 46.0 Å². The van der Waals surface area contributed by atoms with Crippen molar-refractivity contribution in [1.82, 2.24) is 5.32 Å². The Balaban J connectivity index is 0.000000292. The fourth-order valence-corrected chi connectivity index (χ4v) is 1.80. The maximum Gasteiger partial charge on any atom is 0.404 e. The summed E-state index contributed by atoms with van der Waals surface area (Å²) in [6, 6.07) is 0. The standard InChI is InChI=1S/C9H18.C2H5NO2/c1-8(2)9-6-4-3-5-7-9;1-3-2(4)5/h8-9H,3-7H2,1-2H3;3H,1H3,(H,4,5). The van der Waals surface area contributed by atoms with Crippen molar-refractivity contribution in [3.05, 3.63) is 0 Å². The molecule has 1 aliphatic rings. The largest absolute Gasteiger partial charge is 0.465 e. The van der Waals surface area contributed by atoms with E-state index in [0.717, 1.165) is 11.8 Å². The highest BCUT2D eigenvalue weighted by atomic mass is 16.4. The van der Waals surface area contributed by atoms with Crippen molar-refractivity contribution in [2.75, 3.05) is 7.05 Å². The fourth-order valence-electron chi connectivity index (χ4n) is 1.80. The predicted octanol–water partition coefficient (Wildman–Crippen LogP) is 3.11. The van der Waals surface area contributed by atoms with Crippen LogP contribution in [0.3, 0.4) is 0 Å². The highest BCUT2D eigenvalue weighted by Gasteiger charge is 2.15. The van der Waals surface area contributed by atoms with Gasteiger partial charge in [0.25, 0.3) is 0 Å². The number of carbonyl (C=O) groups is 1. The van der Waals surface area contributed by atoms with Crippen LogP contribution in [0.5, 0.6) is 0 Å². The van der Waals surface area contributed by atoms with Crippen LogP contribution in [0.15, 0.2) is 0 Å². The first-order valence-corrected chi connectivity index (χ1v) is 5.48. The number of carboxylic acid groups (broad SMARTS) is 1. The second-order valence-corrected chi connectivity index (χ2v) is 4.20. The summed E-state index contributed by atoms with van der Waals surface area (Å²) < 4.78 is 0. The van der Waals surface area contributed by atoms with E-state index >= 15 is 0 Å². The summed E-state index contributed by atoms with van der Waals surface area (Å²) in [5.74, 6) is 1.99. The fraction of sp³-hybridized carbons (Fsp3) is 0.909. The predicted molar refractivity (Wildman–Crippen MR) is 58.5 cm³/mol. The van der Waals surface area contributed by atoms with Gasteiger partial charge < -0.3 is 10.4 Å². The number of hydrogen-bond donors (Lipinski definition) is 2. The van der Waals surface area contributed by atoms with E-state index in [-0.39, 0.29) is 0 Å². The van der Waals surface area contributed by atoms with Gasteiger partial charge in [-0.1, -0.05) is 46.0 Å². The molecule has 1 aliphatic carbocycles. The van der Waals surface area contributed by atoms with Gasteiger partial charge in [0.1, 0.15) is 0 Å². The Labute approximate surface area is 86.9 Å². The minimum atomic E-state index is -0.995. The number of nitrogens with one attached hydrogen (secondary N) is 1. The van der Waals surface area contributed by atoms with Crippen molar-refractivity contribution >= 4 is 6.09 Å². The maximum atomic E-state index is 9.26. The van der Waals surface area contributed by atoms with Crippen molar-refractivity contribution in [3.63, 3.8) is 0 Å². The van der Waals surface area contributed by atoms with E-state index in [1.807, 2.05) is 5.32 Å². The highest BCUT2D eigenvalue weighted by Crippen LogP contribution is 2.29. The average Bonchev–Trinajstić information content (AvgIpc) is 2.20. The van der Waals surface area contributed by atoms with Gasteiger partial charge in [0.2, 0.25) is 0 Å². The summed E-state index contributed by atoms with van der Waals surface area (Å²) in [4.78, 5) is 9.26. The lowest BCUT2D eigenvalue weighted by Gasteiger charge is -2.24. The molecule has 0 atom stereocenters. The van der Waals surface area contributed by atoms with Crippen LogP contribution in [0.25, 0.3) is 0 Å². The molecule has 84 valence electrons. The van der Waals surface area contributed by atoms with Crippen LogP contribution in [0.4, 0.5) is 4.79 Å². The molecule has 1 rings (SSSR count). The Morgan fingerprint density at radius 3 is 1.93 bits per heavy atom. The van der Waals surface area contributed by atoms with Gasteiger partial charge in [0.15, 0.2) is 0 Å². The van der Waals surface area contributed by atoms with E-state index in [1.165, 1.54) is 39.2 Å². The van der Waals surface area contributed by atoms with Crippen molar-refractivity contribution in [1.29, 1.82) is 0 Å². The van der Waals surface area contributed by atoms with Crippen LogP contribution in [-0.2, 0) is 0 Å². The van der Waals surface area contributed by atoms with Gasteiger partial charge in [-0.3, -0.25) is 0 Å². The van der Waals surface area contributed by atoms with E-state index in [1.54, 1.807) is 0 Å². The SMILES string of the molecule is CC(C)C1CCCCC1.CNC(=O)O. The van der Waals surface area contributed by atoms with Crippen molar-refractivity contribution in [2.24, 2.45) is 11.8 Å². The van der Waals surface area contributed by atoms with E-state index < -0.39 is 6.09 Å². The molecule has 0 saturated heterocycles. The van der Waals surface area contributed by atoms with Gasteiger partial charge in [0.05, 0.1) is 0 Å². The van der Waals surface area contributed by atoms with Gasteiger partial charge >= 0.3 is 6.09 Å². The Bertz CT molecular complexity index is 151. The van der Waals surface area contributed by atoms with Gasteiger partial charge in [-0.2, -0.15) is 0 Å². The monoisotopic (exact) mass is 201 g/mol. The Morgan fingerprint density at radius 2 is 1.71 bits per heavy atom. The molecule has 0 heterocycles. The molecule has 3 nitrogen and oxygen atoms in total. The topological polar surface area (TPSA) is 49.3 Å². The first kappa shape index (κ1) is 13.3. The van der Waals surface area contributed by atoms with Crippen LogP contribution < -0.4 is 5.32 Å². The molecule has 2 N–H and O–H groups in total. The molecule has 0 bridgehead atoms. The molecule has 0 aliphatic heterocycles. The zero-order chi connectivity index (χ0) is 11.0. The lowest BCUT2D eigenvalue weighted by Crippen LogP contribution is -2.13. The molecule has 0 aromatic heterocycles. The number of rotatable bonds is 1. The zero-order valence-corrected chi connectivity index (χ0v) is 9.55. The molecule has 1 saturated carbocycles. The molecule has 0 unspecified atom stereocenters. The molecule has 0 aromatic carbocycles. The number of hydrogen-bond acceptors (Lipinski definition) is 1. The molecule has 0 spiro atoms. The Morgan fingerprint density at radius 1 is 1.29 bits per heavy atom. The van der Waals surface area contributed by atoms with E-state index in [0.29, 0.717) is 0 Å². The minimum Gasteiger partial charge on any atom is -0.465 e. The first-order chi connectivity index (χ1) is 6.57. The number of amides is 1. The molecule has 1 fully saturated rings. The summed E-state index contributed by atoms with van der Waals surface area (Å²) in [6.45, 7) is 4.71. The quantitative estimate of drug-likeness (QED) is 0.685. The Hall–Kier alpha value is -0.730. The van der Waals surface area contributed by atoms with Crippen LogP contribution in [-0.4, -0.2) is 18.2 Å². The zero-order valence-electron chi connectivity index (χ0n) is 9.55. The molecule has 0 radical (unpaired) electrons. The van der Waals surface area contributed by atoms with Crippen LogP contribution in [0.2, 0.25) is 0 Å². The van der Waals surface area contributed by atoms with E-state index in [2.05, 4.69) is 13.8 Å². The molecule has 14 heavy (non-hydrogen) atoms. The third kappa shape index (κ3) is 6.75. The normalized spacial score (nSPS) is 17.1. The summed E-state index contributed by atoms with van der Waals surface area (Å²) in [7, 11) is 1.35. The second-order valence-electron chi connectivity index (χ2n) is 4.20. The molecule has 1 amide bonds. The Kier molecular flexibility index (Phi) is 7.25. The highest BCUT2D eigenvalue weighted by molar-refractivity contribution is 5.63. The lowest BCUT2D eigenvalue weighted by atomic mass is 9.82. The first-order valence-electron chi connectivity index (χ1n) is 5.48. The summed E-state index contributed by atoms with van der Waals surface area (Å²) in [5.41, 5.74) is 0. The van der Waals surface area contributed by atoms with Gasteiger partial charge in [-0.05, 0) is 11.8 Å². The second kappa shape index (κ2) is 7.65. The maximum absolute atomic E-state index is 9.26. The molecular weight excluding hydrogens is 178 g/mol. The summed E-state index contributed by atoms with van der Waals surface area (Å²) >= 11 is 0.